The minimum atomic E-state index is -0.449. The summed E-state index contributed by atoms with van der Waals surface area (Å²) in [4.78, 5) is 11.9. The van der Waals surface area contributed by atoms with Crippen molar-refractivity contribution >= 4 is 5.78 Å². The smallest absolute Gasteiger partial charge is 0.210 e. The summed E-state index contributed by atoms with van der Waals surface area (Å²) in [6, 6.07) is 1.73. The van der Waals surface area contributed by atoms with E-state index in [-0.39, 0.29) is 5.78 Å². The summed E-state index contributed by atoms with van der Waals surface area (Å²) in [5, 5.41) is 0. The Hall–Kier alpha value is -1.71. The predicted octanol–water partition coefficient (Wildman–Crippen LogP) is 1.98. The van der Waals surface area contributed by atoms with E-state index >= 15 is 0 Å². The number of ketones is 1. The topological polar surface area (TPSA) is 44.8 Å². The van der Waals surface area contributed by atoms with E-state index in [1.165, 1.54) is 0 Å². The molecule has 0 fully saturated rings. The van der Waals surface area contributed by atoms with Crippen LogP contribution in [0, 0.1) is 6.92 Å². The number of benzene rings is 1. The van der Waals surface area contributed by atoms with E-state index in [0.29, 0.717) is 22.8 Å². The number of ether oxygens (including phenoxy) is 3. The van der Waals surface area contributed by atoms with Crippen molar-refractivity contribution in [3.8, 4) is 17.2 Å². The van der Waals surface area contributed by atoms with Crippen LogP contribution in [0.3, 0.4) is 0 Å². The Morgan fingerprint density at radius 3 is 2.56 bits per heavy atom. The van der Waals surface area contributed by atoms with Gasteiger partial charge >= 0.3 is 0 Å². The van der Waals surface area contributed by atoms with Crippen LogP contribution in [-0.2, 0) is 0 Å². The van der Waals surface area contributed by atoms with Gasteiger partial charge in [-0.15, -0.1) is 0 Å². The first kappa shape index (κ1) is 10.8. The molecule has 0 N–H and O–H groups in total. The van der Waals surface area contributed by atoms with Crippen LogP contribution < -0.4 is 14.2 Å². The minimum absolute atomic E-state index is 0.0439. The molecule has 0 saturated heterocycles. The number of fused-ring (bicyclic) bond motifs is 1. The summed E-state index contributed by atoms with van der Waals surface area (Å²) >= 11 is 0. The number of rotatable bonds is 2. The molecule has 0 bridgehead atoms. The molecule has 0 saturated carbocycles. The Morgan fingerprint density at radius 2 is 2.00 bits per heavy atom. The van der Waals surface area contributed by atoms with Crippen molar-refractivity contribution in [3.05, 3.63) is 17.2 Å². The minimum Gasteiger partial charge on any atom is -0.496 e. The Morgan fingerprint density at radius 1 is 1.31 bits per heavy atom. The molecule has 1 aromatic carbocycles. The summed E-state index contributed by atoms with van der Waals surface area (Å²) < 4.78 is 15.9. The number of hydrogen-bond acceptors (Lipinski definition) is 4. The van der Waals surface area contributed by atoms with E-state index < -0.39 is 6.10 Å². The molecule has 0 aliphatic carbocycles. The molecule has 1 heterocycles. The van der Waals surface area contributed by atoms with Crippen LogP contribution in [0.2, 0.25) is 0 Å². The lowest BCUT2D eigenvalue weighted by Gasteiger charge is -2.12. The number of methoxy groups -OCH3 is 2. The number of carbonyl (C=O) groups excluding carboxylic acids is 1. The largest absolute Gasteiger partial charge is 0.496 e. The van der Waals surface area contributed by atoms with Crippen LogP contribution in [0.1, 0.15) is 22.8 Å². The molecule has 16 heavy (non-hydrogen) atoms. The first-order valence-corrected chi connectivity index (χ1v) is 5.06. The zero-order valence-corrected chi connectivity index (χ0v) is 9.79. The van der Waals surface area contributed by atoms with Crippen LogP contribution >= 0.6 is 0 Å². The van der Waals surface area contributed by atoms with Gasteiger partial charge in [0, 0.05) is 11.6 Å². The second-order valence-corrected chi connectivity index (χ2v) is 3.73. The number of carbonyl (C=O) groups is 1. The van der Waals surface area contributed by atoms with E-state index in [0.717, 1.165) is 5.56 Å². The predicted molar refractivity (Wildman–Crippen MR) is 58.7 cm³/mol. The zero-order valence-electron chi connectivity index (χ0n) is 9.79. The lowest BCUT2D eigenvalue weighted by molar-refractivity contribution is 0.0877. The Labute approximate surface area is 94.1 Å². The van der Waals surface area contributed by atoms with Gasteiger partial charge in [0.1, 0.15) is 22.8 Å². The highest BCUT2D eigenvalue weighted by Gasteiger charge is 2.34. The zero-order chi connectivity index (χ0) is 11.9. The van der Waals surface area contributed by atoms with Crippen molar-refractivity contribution in [2.24, 2.45) is 0 Å². The first-order chi connectivity index (χ1) is 7.60. The molecule has 1 unspecified atom stereocenters. The molecule has 1 aromatic rings. The first-order valence-electron chi connectivity index (χ1n) is 5.06. The fourth-order valence-electron chi connectivity index (χ4n) is 1.95. The van der Waals surface area contributed by atoms with E-state index in [2.05, 4.69) is 0 Å². The van der Waals surface area contributed by atoms with Gasteiger partial charge in [-0.2, -0.15) is 0 Å². The van der Waals surface area contributed by atoms with Gasteiger partial charge in [-0.1, -0.05) is 0 Å². The summed E-state index contributed by atoms with van der Waals surface area (Å²) in [6.07, 6.45) is -0.449. The van der Waals surface area contributed by atoms with Crippen molar-refractivity contribution in [1.82, 2.24) is 0 Å². The molecule has 1 atom stereocenters. The monoisotopic (exact) mass is 222 g/mol. The van der Waals surface area contributed by atoms with Crippen molar-refractivity contribution in [2.45, 2.75) is 20.0 Å². The molecule has 0 amide bonds. The van der Waals surface area contributed by atoms with Gasteiger partial charge < -0.3 is 14.2 Å². The maximum atomic E-state index is 11.9. The van der Waals surface area contributed by atoms with Crippen LogP contribution in [0.15, 0.2) is 6.07 Å². The fourth-order valence-corrected chi connectivity index (χ4v) is 1.95. The second kappa shape index (κ2) is 3.70. The highest BCUT2D eigenvalue weighted by Crippen LogP contribution is 2.42. The molecule has 4 nitrogen and oxygen atoms in total. The number of hydrogen-bond donors (Lipinski definition) is 0. The van der Waals surface area contributed by atoms with E-state index in [1.54, 1.807) is 27.2 Å². The van der Waals surface area contributed by atoms with E-state index in [1.807, 2.05) is 6.92 Å². The lowest BCUT2D eigenvalue weighted by atomic mass is 10.0. The summed E-state index contributed by atoms with van der Waals surface area (Å²) in [6.45, 7) is 3.58. The van der Waals surface area contributed by atoms with Gasteiger partial charge in [0.15, 0.2) is 6.10 Å². The summed E-state index contributed by atoms with van der Waals surface area (Å²) in [7, 11) is 3.12. The van der Waals surface area contributed by atoms with Crippen LogP contribution in [-0.4, -0.2) is 26.1 Å². The maximum Gasteiger partial charge on any atom is 0.210 e. The normalized spacial score (nSPS) is 18.0. The van der Waals surface area contributed by atoms with Crippen LogP contribution in [0.25, 0.3) is 0 Å². The lowest BCUT2D eigenvalue weighted by Crippen LogP contribution is -2.15. The van der Waals surface area contributed by atoms with Gasteiger partial charge in [0.05, 0.1) is 14.2 Å². The average Bonchev–Trinajstić information content (AvgIpc) is 2.55. The van der Waals surface area contributed by atoms with Crippen LogP contribution in [0.5, 0.6) is 17.2 Å². The van der Waals surface area contributed by atoms with Crippen molar-refractivity contribution in [1.29, 1.82) is 0 Å². The molecule has 0 spiro atoms. The van der Waals surface area contributed by atoms with Gasteiger partial charge in [-0.3, -0.25) is 4.79 Å². The van der Waals surface area contributed by atoms with Gasteiger partial charge in [0.25, 0.3) is 0 Å². The maximum absolute atomic E-state index is 11.9. The third-order valence-corrected chi connectivity index (χ3v) is 2.79. The van der Waals surface area contributed by atoms with Gasteiger partial charge in [-0.25, -0.2) is 0 Å². The van der Waals surface area contributed by atoms with Crippen LogP contribution in [0.4, 0.5) is 0 Å². The molecule has 2 rings (SSSR count). The Kier molecular flexibility index (Phi) is 2.50. The van der Waals surface area contributed by atoms with E-state index in [9.17, 15) is 4.79 Å². The molecule has 1 aliphatic heterocycles. The standard InChI is InChI=1S/C12H14O4/c1-6-8(14-3)5-9-10(12(6)15-4)11(13)7(2)16-9/h5,7H,1-4H3. The fraction of sp³-hybridized carbons (Fsp3) is 0.417. The Balaban J connectivity index is 2.68. The number of Topliss-reactive ketones (excluding diaryl/α,β-unsaturated/α-hetero) is 1. The third kappa shape index (κ3) is 1.33. The van der Waals surface area contributed by atoms with E-state index in [4.69, 9.17) is 14.2 Å². The van der Waals surface area contributed by atoms with Gasteiger partial charge in [0.2, 0.25) is 5.78 Å². The Bertz CT molecular complexity index is 451. The molecule has 0 aromatic heterocycles. The van der Waals surface area contributed by atoms with Gasteiger partial charge in [-0.05, 0) is 13.8 Å². The molecule has 86 valence electrons. The highest BCUT2D eigenvalue weighted by atomic mass is 16.5. The molecular formula is C12H14O4. The SMILES string of the molecule is COc1cc2c(c(OC)c1C)C(=O)C(C)O2. The molecule has 0 radical (unpaired) electrons. The third-order valence-electron chi connectivity index (χ3n) is 2.79. The summed E-state index contributed by atoms with van der Waals surface area (Å²) in [5.41, 5.74) is 1.34. The van der Waals surface area contributed by atoms with Crippen molar-refractivity contribution in [2.75, 3.05) is 14.2 Å². The molecular weight excluding hydrogens is 208 g/mol. The summed E-state index contributed by atoms with van der Waals surface area (Å²) in [5.74, 6) is 1.70. The van der Waals surface area contributed by atoms with Crippen molar-refractivity contribution in [3.63, 3.8) is 0 Å². The quantitative estimate of drug-likeness (QED) is 0.767. The highest BCUT2D eigenvalue weighted by molar-refractivity contribution is 6.07. The molecule has 4 heteroatoms. The second-order valence-electron chi connectivity index (χ2n) is 3.73. The molecule has 1 aliphatic rings. The average molecular weight is 222 g/mol. The van der Waals surface area contributed by atoms with Crippen molar-refractivity contribution < 1.29 is 19.0 Å².